The first kappa shape index (κ1) is 13.0. The van der Waals surface area contributed by atoms with E-state index in [1.54, 1.807) is 0 Å². The second kappa shape index (κ2) is 7.22. The van der Waals surface area contributed by atoms with Crippen LogP contribution in [0.15, 0.2) is 5.38 Å². The number of aryl methyl sites for hydroxylation is 1. The van der Waals surface area contributed by atoms with Gasteiger partial charge in [-0.2, -0.15) is 0 Å². The standard InChI is InChI=1S/C11H18N2O2S/c1-3-5-6-7-15-11(14)13-10-12-9(4-2)8-16-10/h8H,3-7H2,1-2H3,(H,12,13,14). The average Bonchev–Trinajstić information content (AvgIpc) is 2.72. The van der Waals surface area contributed by atoms with E-state index in [1.807, 2.05) is 12.3 Å². The highest BCUT2D eigenvalue weighted by Crippen LogP contribution is 2.15. The summed E-state index contributed by atoms with van der Waals surface area (Å²) in [7, 11) is 0. The number of nitrogens with one attached hydrogen (secondary N) is 1. The molecule has 4 nitrogen and oxygen atoms in total. The molecule has 16 heavy (non-hydrogen) atoms. The largest absolute Gasteiger partial charge is 0.449 e. The minimum Gasteiger partial charge on any atom is -0.449 e. The van der Waals surface area contributed by atoms with Gasteiger partial charge in [-0.25, -0.2) is 9.78 Å². The lowest BCUT2D eigenvalue weighted by atomic mass is 10.3. The van der Waals surface area contributed by atoms with Crippen LogP contribution in [0.5, 0.6) is 0 Å². The van der Waals surface area contributed by atoms with Crippen LogP contribution in [0, 0.1) is 0 Å². The summed E-state index contributed by atoms with van der Waals surface area (Å²) in [6, 6.07) is 0. The van der Waals surface area contributed by atoms with Gasteiger partial charge in [-0.05, 0) is 12.8 Å². The highest BCUT2D eigenvalue weighted by atomic mass is 32.1. The van der Waals surface area contributed by atoms with E-state index < -0.39 is 6.09 Å². The van der Waals surface area contributed by atoms with Crippen LogP contribution < -0.4 is 5.32 Å². The predicted molar refractivity (Wildman–Crippen MR) is 66.0 cm³/mol. The van der Waals surface area contributed by atoms with Gasteiger partial charge in [0.25, 0.3) is 0 Å². The molecule has 1 N–H and O–H groups in total. The molecule has 0 aliphatic rings. The molecule has 1 rings (SSSR count). The number of thiazole rings is 1. The molecule has 90 valence electrons. The number of anilines is 1. The molecule has 0 spiro atoms. The molecule has 0 saturated carbocycles. The summed E-state index contributed by atoms with van der Waals surface area (Å²) in [6.07, 6.45) is 3.60. The molecule has 1 aromatic heterocycles. The molecule has 1 heterocycles. The Morgan fingerprint density at radius 1 is 1.50 bits per heavy atom. The van der Waals surface area contributed by atoms with Crippen LogP contribution in [-0.2, 0) is 11.2 Å². The molecule has 1 aromatic rings. The molecule has 0 bridgehead atoms. The Morgan fingerprint density at radius 3 is 2.94 bits per heavy atom. The van der Waals surface area contributed by atoms with Crippen molar-refractivity contribution in [3.05, 3.63) is 11.1 Å². The Labute approximate surface area is 100 Å². The van der Waals surface area contributed by atoms with Crippen molar-refractivity contribution in [1.82, 2.24) is 4.98 Å². The van der Waals surface area contributed by atoms with Gasteiger partial charge in [0.05, 0.1) is 12.3 Å². The van der Waals surface area contributed by atoms with E-state index >= 15 is 0 Å². The first-order valence-electron chi connectivity index (χ1n) is 5.64. The Balaban J connectivity index is 2.23. The topological polar surface area (TPSA) is 51.2 Å². The third kappa shape index (κ3) is 4.61. The third-order valence-electron chi connectivity index (χ3n) is 2.10. The lowest BCUT2D eigenvalue weighted by molar-refractivity contribution is 0.159. The van der Waals surface area contributed by atoms with Gasteiger partial charge in [-0.1, -0.05) is 26.7 Å². The predicted octanol–water partition coefficient (Wildman–Crippen LogP) is 3.44. The Hall–Kier alpha value is -1.10. The average molecular weight is 242 g/mol. The van der Waals surface area contributed by atoms with Gasteiger partial charge in [0, 0.05) is 5.38 Å². The molecule has 1 amide bonds. The molecule has 0 fully saturated rings. The molecule has 0 radical (unpaired) electrons. The zero-order valence-electron chi connectivity index (χ0n) is 9.78. The Kier molecular flexibility index (Phi) is 5.85. The number of amides is 1. The van der Waals surface area contributed by atoms with Crippen molar-refractivity contribution >= 4 is 22.6 Å². The summed E-state index contributed by atoms with van der Waals surface area (Å²) in [6.45, 7) is 4.62. The molecule has 0 atom stereocenters. The van der Waals surface area contributed by atoms with Gasteiger partial charge in [0.15, 0.2) is 5.13 Å². The maximum absolute atomic E-state index is 11.3. The minimum atomic E-state index is -0.409. The third-order valence-corrected chi connectivity index (χ3v) is 2.91. The van der Waals surface area contributed by atoms with Crippen LogP contribution in [0.4, 0.5) is 9.93 Å². The van der Waals surface area contributed by atoms with E-state index in [0.717, 1.165) is 31.4 Å². The maximum atomic E-state index is 11.3. The van der Waals surface area contributed by atoms with E-state index in [2.05, 4.69) is 17.2 Å². The summed E-state index contributed by atoms with van der Waals surface area (Å²) in [5.74, 6) is 0. The quantitative estimate of drug-likeness (QED) is 0.777. The first-order valence-corrected chi connectivity index (χ1v) is 6.52. The second-order valence-electron chi connectivity index (χ2n) is 3.47. The van der Waals surface area contributed by atoms with Crippen LogP contribution in [0.2, 0.25) is 0 Å². The molecule has 5 heteroatoms. The van der Waals surface area contributed by atoms with Crippen molar-refractivity contribution in [2.75, 3.05) is 11.9 Å². The number of carbonyl (C=O) groups is 1. The van der Waals surface area contributed by atoms with Gasteiger partial charge >= 0.3 is 6.09 Å². The van der Waals surface area contributed by atoms with E-state index in [9.17, 15) is 4.79 Å². The van der Waals surface area contributed by atoms with Crippen LogP contribution in [0.25, 0.3) is 0 Å². The van der Waals surface area contributed by atoms with Gasteiger partial charge in [0.1, 0.15) is 0 Å². The fourth-order valence-corrected chi connectivity index (χ4v) is 1.95. The molecular weight excluding hydrogens is 224 g/mol. The normalized spacial score (nSPS) is 10.1. The summed E-state index contributed by atoms with van der Waals surface area (Å²) in [5.41, 5.74) is 0.992. The number of aromatic nitrogens is 1. The first-order chi connectivity index (χ1) is 7.76. The fraction of sp³-hybridized carbons (Fsp3) is 0.636. The van der Waals surface area contributed by atoms with E-state index in [-0.39, 0.29) is 0 Å². The van der Waals surface area contributed by atoms with Crippen molar-refractivity contribution in [3.63, 3.8) is 0 Å². The van der Waals surface area contributed by atoms with E-state index in [1.165, 1.54) is 11.3 Å². The smallest absolute Gasteiger partial charge is 0.413 e. The van der Waals surface area contributed by atoms with Crippen LogP contribution >= 0.6 is 11.3 Å². The fourth-order valence-electron chi connectivity index (χ4n) is 1.17. The van der Waals surface area contributed by atoms with Gasteiger partial charge in [-0.15, -0.1) is 11.3 Å². The van der Waals surface area contributed by atoms with E-state index in [4.69, 9.17) is 4.74 Å². The molecule has 0 aliphatic heterocycles. The highest BCUT2D eigenvalue weighted by Gasteiger charge is 2.06. The highest BCUT2D eigenvalue weighted by molar-refractivity contribution is 7.13. The van der Waals surface area contributed by atoms with Crippen molar-refractivity contribution in [1.29, 1.82) is 0 Å². The molecular formula is C11H18N2O2S. The zero-order chi connectivity index (χ0) is 11.8. The van der Waals surface area contributed by atoms with Crippen LogP contribution in [0.3, 0.4) is 0 Å². The van der Waals surface area contributed by atoms with Crippen LogP contribution in [-0.4, -0.2) is 17.7 Å². The number of hydrogen-bond acceptors (Lipinski definition) is 4. The van der Waals surface area contributed by atoms with Crippen molar-refractivity contribution in [3.8, 4) is 0 Å². The molecule has 0 unspecified atom stereocenters. The Bertz CT molecular complexity index is 326. The number of nitrogens with zero attached hydrogens (tertiary/aromatic N) is 1. The maximum Gasteiger partial charge on any atom is 0.413 e. The number of rotatable bonds is 6. The summed E-state index contributed by atoms with van der Waals surface area (Å²) in [5, 5.41) is 5.17. The lowest BCUT2D eigenvalue weighted by Crippen LogP contribution is -2.14. The molecule has 0 aromatic carbocycles. The zero-order valence-corrected chi connectivity index (χ0v) is 10.6. The van der Waals surface area contributed by atoms with Crippen molar-refractivity contribution < 1.29 is 9.53 Å². The molecule has 0 saturated heterocycles. The summed E-state index contributed by atoms with van der Waals surface area (Å²) in [4.78, 5) is 15.5. The molecule has 0 aliphatic carbocycles. The van der Waals surface area contributed by atoms with E-state index in [0.29, 0.717) is 11.7 Å². The lowest BCUT2D eigenvalue weighted by Gasteiger charge is -2.03. The Morgan fingerprint density at radius 2 is 2.31 bits per heavy atom. The summed E-state index contributed by atoms with van der Waals surface area (Å²) >= 11 is 1.42. The monoisotopic (exact) mass is 242 g/mol. The van der Waals surface area contributed by atoms with Crippen molar-refractivity contribution in [2.24, 2.45) is 0 Å². The summed E-state index contributed by atoms with van der Waals surface area (Å²) < 4.78 is 5.01. The second-order valence-corrected chi connectivity index (χ2v) is 4.32. The number of hydrogen-bond donors (Lipinski definition) is 1. The number of unbranched alkanes of at least 4 members (excludes halogenated alkanes) is 2. The van der Waals surface area contributed by atoms with Gasteiger partial charge in [-0.3, -0.25) is 5.32 Å². The number of ether oxygens (including phenoxy) is 1. The van der Waals surface area contributed by atoms with Gasteiger partial charge < -0.3 is 4.74 Å². The van der Waals surface area contributed by atoms with Gasteiger partial charge in [0.2, 0.25) is 0 Å². The SMILES string of the molecule is CCCCCOC(=O)Nc1nc(CC)cs1. The minimum absolute atomic E-state index is 0.409. The number of carbonyl (C=O) groups excluding carboxylic acids is 1. The van der Waals surface area contributed by atoms with Crippen molar-refractivity contribution in [2.45, 2.75) is 39.5 Å². The van der Waals surface area contributed by atoms with Crippen LogP contribution in [0.1, 0.15) is 38.8 Å².